The molecule has 1 saturated carbocycles. The zero-order valence-corrected chi connectivity index (χ0v) is 11.3. The number of hydrogen-bond donors (Lipinski definition) is 2. The molecule has 5 nitrogen and oxygen atoms in total. The van der Waals surface area contributed by atoms with E-state index >= 15 is 0 Å². The van der Waals surface area contributed by atoms with Gasteiger partial charge in [0, 0.05) is 12.2 Å². The lowest BCUT2D eigenvalue weighted by atomic mass is 9.85. The van der Waals surface area contributed by atoms with E-state index < -0.39 is 5.60 Å². The number of nitrogens with zero attached hydrogens (tertiary/aromatic N) is 3. The largest absolute Gasteiger partial charge is 0.388 e. The highest BCUT2D eigenvalue weighted by Crippen LogP contribution is 2.28. The summed E-state index contributed by atoms with van der Waals surface area (Å²) < 4.78 is 1.81. The van der Waals surface area contributed by atoms with E-state index in [1.54, 1.807) is 0 Å². The van der Waals surface area contributed by atoms with Gasteiger partial charge < -0.3 is 10.4 Å². The van der Waals surface area contributed by atoms with Crippen molar-refractivity contribution < 1.29 is 5.11 Å². The summed E-state index contributed by atoms with van der Waals surface area (Å²) in [5, 5.41) is 18.0. The Morgan fingerprint density at radius 1 is 1.32 bits per heavy atom. The van der Waals surface area contributed by atoms with Crippen molar-refractivity contribution in [1.82, 2.24) is 14.6 Å². The van der Waals surface area contributed by atoms with Gasteiger partial charge in [0.05, 0.1) is 5.60 Å². The first-order chi connectivity index (χ1) is 9.16. The van der Waals surface area contributed by atoms with Crippen LogP contribution < -0.4 is 5.32 Å². The number of hydrogen-bond acceptors (Lipinski definition) is 4. The van der Waals surface area contributed by atoms with E-state index in [0.29, 0.717) is 12.5 Å². The molecule has 0 bridgehead atoms. The number of rotatable bonds is 3. The summed E-state index contributed by atoms with van der Waals surface area (Å²) in [6, 6.07) is 5.90. The third kappa shape index (κ3) is 2.56. The lowest BCUT2D eigenvalue weighted by Crippen LogP contribution is -2.39. The Morgan fingerprint density at radius 3 is 2.84 bits per heavy atom. The fourth-order valence-corrected chi connectivity index (χ4v) is 2.74. The third-order valence-electron chi connectivity index (χ3n) is 3.91. The second kappa shape index (κ2) is 4.81. The Bertz CT molecular complexity index is 572. The van der Waals surface area contributed by atoms with Crippen LogP contribution in [-0.4, -0.2) is 31.9 Å². The van der Waals surface area contributed by atoms with Crippen molar-refractivity contribution in [3.05, 3.63) is 23.9 Å². The van der Waals surface area contributed by atoms with E-state index in [0.717, 1.165) is 37.0 Å². The van der Waals surface area contributed by atoms with Crippen LogP contribution in [0.4, 0.5) is 5.95 Å². The summed E-state index contributed by atoms with van der Waals surface area (Å²) in [7, 11) is 0. The topological polar surface area (TPSA) is 62.5 Å². The molecule has 0 aliphatic heterocycles. The summed E-state index contributed by atoms with van der Waals surface area (Å²) in [5.41, 5.74) is 1.29. The van der Waals surface area contributed by atoms with Crippen LogP contribution in [0.1, 0.15) is 37.8 Å². The highest BCUT2D eigenvalue weighted by molar-refractivity contribution is 5.44. The maximum atomic E-state index is 10.4. The molecule has 5 heteroatoms. The first-order valence-electron chi connectivity index (χ1n) is 6.95. The van der Waals surface area contributed by atoms with Gasteiger partial charge in [0.1, 0.15) is 0 Å². The van der Waals surface area contributed by atoms with E-state index in [2.05, 4.69) is 15.4 Å². The molecule has 1 aliphatic carbocycles. The molecular weight excluding hydrogens is 240 g/mol. The van der Waals surface area contributed by atoms with Crippen LogP contribution in [-0.2, 0) is 0 Å². The molecule has 3 rings (SSSR count). The molecule has 0 radical (unpaired) electrons. The maximum absolute atomic E-state index is 10.4. The van der Waals surface area contributed by atoms with Crippen LogP contribution in [0.2, 0.25) is 0 Å². The molecule has 0 spiro atoms. The first-order valence-corrected chi connectivity index (χ1v) is 6.95. The number of aliphatic hydroxyl groups is 1. The monoisotopic (exact) mass is 260 g/mol. The molecule has 1 aliphatic rings. The first kappa shape index (κ1) is 12.4. The molecule has 2 heterocycles. The number of aryl methyl sites for hydroxylation is 1. The average molecular weight is 260 g/mol. The number of nitrogens with one attached hydrogen (secondary N) is 1. The van der Waals surface area contributed by atoms with E-state index in [1.165, 1.54) is 6.42 Å². The molecule has 2 N–H and O–H groups in total. The molecule has 0 aromatic carbocycles. The normalized spacial score (nSPS) is 18.6. The van der Waals surface area contributed by atoms with Crippen LogP contribution in [0.3, 0.4) is 0 Å². The lowest BCUT2D eigenvalue weighted by molar-refractivity contribution is 0.0166. The molecular formula is C14H20N4O. The minimum Gasteiger partial charge on any atom is -0.388 e. The minimum absolute atomic E-state index is 0.531. The highest BCUT2D eigenvalue weighted by atomic mass is 16.3. The van der Waals surface area contributed by atoms with Gasteiger partial charge in [0.15, 0.2) is 5.65 Å². The van der Waals surface area contributed by atoms with Gasteiger partial charge in [-0.3, -0.25) is 0 Å². The minimum atomic E-state index is -0.592. The Morgan fingerprint density at radius 2 is 2.11 bits per heavy atom. The number of anilines is 1. The van der Waals surface area contributed by atoms with Crippen LogP contribution in [0.15, 0.2) is 18.2 Å². The summed E-state index contributed by atoms with van der Waals surface area (Å²) in [5.74, 6) is 0.591. The third-order valence-corrected chi connectivity index (χ3v) is 3.91. The predicted octanol–water partition coefficient (Wildman–Crippen LogP) is 2.14. The Balaban J connectivity index is 1.73. The maximum Gasteiger partial charge on any atom is 0.243 e. The van der Waals surface area contributed by atoms with Gasteiger partial charge >= 0.3 is 0 Å². The van der Waals surface area contributed by atoms with Crippen LogP contribution in [0, 0.1) is 6.92 Å². The van der Waals surface area contributed by atoms with E-state index in [4.69, 9.17) is 0 Å². The molecule has 0 amide bonds. The van der Waals surface area contributed by atoms with Gasteiger partial charge in [-0.05, 0) is 31.9 Å². The molecule has 2 aromatic heterocycles. The zero-order valence-electron chi connectivity index (χ0n) is 11.3. The fraction of sp³-hybridized carbons (Fsp3) is 0.571. The fourth-order valence-electron chi connectivity index (χ4n) is 2.74. The summed E-state index contributed by atoms with van der Waals surface area (Å²) in [6.07, 6.45) is 5.18. The van der Waals surface area contributed by atoms with E-state index in [9.17, 15) is 5.11 Å². The zero-order chi connectivity index (χ0) is 13.3. The van der Waals surface area contributed by atoms with Crippen molar-refractivity contribution in [2.45, 2.75) is 44.6 Å². The Hall–Kier alpha value is -1.62. The summed E-state index contributed by atoms with van der Waals surface area (Å²) in [4.78, 5) is 4.42. The van der Waals surface area contributed by atoms with Crippen LogP contribution >= 0.6 is 0 Å². The van der Waals surface area contributed by atoms with E-state index in [-0.39, 0.29) is 0 Å². The summed E-state index contributed by atoms with van der Waals surface area (Å²) >= 11 is 0. The molecule has 0 saturated heterocycles. The van der Waals surface area contributed by atoms with Crippen molar-refractivity contribution in [1.29, 1.82) is 0 Å². The van der Waals surface area contributed by atoms with Gasteiger partial charge in [-0.25, -0.2) is 4.52 Å². The summed E-state index contributed by atoms with van der Waals surface area (Å²) in [6.45, 7) is 2.53. The van der Waals surface area contributed by atoms with Crippen molar-refractivity contribution in [3.63, 3.8) is 0 Å². The van der Waals surface area contributed by atoms with Gasteiger partial charge in [0.2, 0.25) is 5.95 Å². The highest BCUT2D eigenvalue weighted by Gasteiger charge is 2.29. The van der Waals surface area contributed by atoms with Crippen molar-refractivity contribution >= 4 is 11.6 Å². The molecule has 0 unspecified atom stereocenters. The van der Waals surface area contributed by atoms with Gasteiger partial charge in [-0.15, -0.1) is 5.10 Å². The van der Waals surface area contributed by atoms with Gasteiger partial charge in [-0.1, -0.05) is 25.3 Å². The Labute approximate surface area is 112 Å². The molecule has 19 heavy (non-hydrogen) atoms. The molecule has 1 fully saturated rings. The van der Waals surface area contributed by atoms with Crippen LogP contribution in [0.5, 0.6) is 0 Å². The SMILES string of the molecule is Cc1cccc2nc(NCC3(O)CCCCC3)nn12. The molecule has 102 valence electrons. The predicted molar refractivity (Wildman–Crippen MR) is 74.2 cm³/mol. The van der Waals surface area contributed by atoms with Gasteiger partial charge in [0.25, 0.3) is 0 Å². The van der Waals surface area contributed by atoms with Crippen molar-refractivity contribution in [2.75, 3.05) is 11.9 Å². The second-order valence-corrected chi connectivity index (χ2v) is 5.51. The number of pyridine rings is 1. The smallest absolute Gasteiger partial charge is 0.243 e. The lowest BCUT2D eigenvalue weighted by Gasteiger charge is -2.31. The van der Waals surface area contributed by atoms with E-state index in [1.807, 2.05) is 29.6 Å². The standard InChI is InChI=1S/C14H20N4O/c1-11-6-5-7-12-16-13(17-18(11)12)15-10-14(19)8-3-2-4-9-14/h5-7,19H,2-4,8-10H2,1H3,(H,15,17). The van der Waals surface area contributed by atoms with Crippen molar-refractivity contribution in [2.24, 2.45) is 0 Å². The van der Waals surface area contributed by atoms with Crippen LogP contribution in [0.25, 0.3) is 5.65 Å². The molecule has 0 atom stereocenters. The number of aromatic nitrogens is 3. The van der Waals surface area contributed by atoms with Crippen molar-refractivity contribution in [3.8, 4) is 0 Å². The number of fused-ring (bicyclic) bond motifs is 1. The second-order valence-electron chi connectivity index (χ2n) is 5.51. The van der Waals surface area contributed by atoms with Gasteiger partial charge in [-0.2, -0.15) is 4.98 Å². The molecule has 2 aromatic rings. The Kier molecular flexibility index (Phi) is 3.14. The average Bonchev–Trinajstić information content (AvgIpc) is 2.82. The quantitative estimate of drug-likeness (QED) is 0.887.